The Morgan fingerprint density at radius 2 is 0.851 bits per heavy atom. The molecule has 12 aromatic rings. The third kappa shape index (κ3) is 6.26. The molecule has 67 heavy (non-hydrogen) atoms. The highest BCUT2D eigenvalue weighted by Gasteiger charge is 2.46. The molecule has 13 rings (SSSR count). The van der Waals surface area contributed by atoms with Crippen molar-refractivity contribution in [1.29, 1.82) is 0 Å². The zero-order chi connectivity index (χ0) is 44.3. The molecule has 0 unspecified atom stereocenters. The van der Waals surface area contributed by atoms with Crippen LogP contribution in [0, 0.1) is 0 Å². The summed E-state index contributed by atoms with van der Waals surface area (Å²) in [6.07, 6.45) is 0. The second kappa shape index (κ2) is 15.8. The fourth-order valence-electron chi connectivity index (χ4n) is 10.9. The molecular formula is C65H43NO. The monoisotopic (exact) mass is 853 g/mol. The maximum absolute atomic E-state index is 6.88. The average molecular weight is 854 g/mol. The number of hydrogen-bond donors (Lipinski definition) is 0. The lowest BCUT2D eigenvalue weighted by Gasteiger charge is -2.35. The highest BCUT2D eigenvalue weighted by atomic mass is 16.3. The van der Waals surface area contributed by atoms with Gasteiger partial charge in [-0.1, -0.05) is 218 Å². The van der Waals surface area contributed by atoms with Crippen LogP contribution in [-0.2, 0) is 5.41 Å². The summed E-state index contributed by atoms with van der Waals surface area (Å²) in [5.41, 5.74) is 18.6. The van der Waals surface area contributed by atoms with Gasteiger partial charge in [0.15, 0.2) is 5.58 Å². The van der Waals surface area contributed by atoms with Crippen LogP contribution < -0.4 is 4.90 Å². The van der Waals surface area contributed by atoms with Gasteiger partial charge in [0.2, 0.25) is 0 Å². The molecule has 11 aromatic carbocycles. The number of para-hydroxylation sites is 3. The lowest BCUT2D eigenvalue weighted by molar-refractivity contribution is 0.669. The largest absolute Gasteiger partial charge is 0.454 e. The van der Waals surface area contributed by atoms with Crippen molar-refractivity contribution in [2.24, 2.45) is 0 Å². The normalized spacial score (nSPS) is 12.6. The van der Waals surface area contributed by atoms with E-state index in [9.17, 15) is 0 Å². The summed E-state index contributed by atoms with van der Waals surface area (Å²) in [4.78, 5) is 2.43. The minimum Gasteiger partial charge on any atom is -0.454 e. The molecule has 0 bridgehead atoms. The molecule has 0 saturated carbocycles. The molecule has 0 radical (unpaired) electrons. The molecule has 0 fully saturated rings. The summed E-state index contributed by atoms with van der Waals surface area (Å²) < 4.78 is 6.88. The Morgan fingerprint density at radius 3 is 1.63 bits per heavy atom. The van der Waals surface area contributed by atoms with E-state index in [1.54, 1.807) is 0 Å². The van der Waals surface area contributed by atoms with E-state index in [-0.39, 0.29) is 0 Å². The Labute approximate surface area is 390 Å². The summed E-state index contributed by atoms with van der Waals surface area (Å²) >= 11 is 0. The maximum Gasteiger partial charge on any atom is 0.159 e. The summed E-state index contributed by atoms with van der Waals surface area (Å²) in [5.74, 6) is 0. The summed E-state index contributed by atoms with van der Waals surface area (Å²) in [7, 11) is 0. The molecule has 0 amide bonds. The molecule has 0 spiro atoms. The molecule has 0 N–H and O–H groups in total. The van der Waals surface area contributed by atoms with Crippen LogP contribution in [-0.4, -0.2) is 0 Å². The first kappa shape index (κ1) is 38.7. The predicted molar refractivity (Wildman–Crippen MR) is 280 cm³/mol. The molecule has 0 saturated heterocycles. The van der Waals surface area contributed by atoms with E-state index in [1.807, 2.05) is 6.07 Å². The van der Waals surface area contributed by atoms with Crippen LogP contribution in [0.2, 0.25) is 0 Å². The number of anilines is 3. The van der Waals surface area contributed by atoms with Crippen LogP contribution in [0.4, 0.5) is 17.1 Å². The first-order chi connectivity index (χ1) is 33.2. The molecule has 314 valence electrons. The quantitative estimate of drug-likeness (QED) is 0.151. The SMILES string of the molecule is c1ccc(-c2ccc(-c3ccccc3N(c3ccc4c(c3)C(c3ccccc3)(c3ccccc3)c3cc(-c5ccc6ccccc6c5)ccc3-4)c3cccc4c3oc3ccccc34)cc2)cc1. The van der Waals surface area contributed by atoms with Gasteiger partial charge in [0.25, 0.3) is 0 Å². The minimum atomic E-state index is -0.639. The molecule has 0 atom stereocenters. The first-order valence-electron chi connectivity index (χ1n) is 23.1. The maximum atomic E-state index is 6.88. The van der Waals surface area contributed by atoms with Gasteiger partial charge < -0.3 is 9.32 Å². The number of hydrogen-bond acceptors (Lipinski definition) is 2. The summed E-state index contributed by atoms with van der Waals surface area (Å²) in [6.45, 7) is 0. The van der Waals surface area contributed by atoms with Gasteiger partial charge >= 0.3 is 0 Å². The fraction of sp³-hybridized carbons (Fsp3) is 0.0154. The van der Waals surface area contributed by atoms with E-state index in [4.69, 9.17) is 4.42 Å². The minimum absolute atomic E-state index is 0.639. The topological polar surface area (TPSA) is 16.4 Å². The fourth-order valence-corrected chi connectivity index (χ4v) is 10.9. The lowest BCUT2D eigenvalue weighted by Crippen LogP contribution is -2.28. The number of nitrogens with zero attached hydrogens (tertiary/aromatic N) is 1. The molecular weight excluding hydrogens is 811 g/mol. The number of rotatable bonds is 8. The third-order valence-electron chi connectivity index (χ3n) is 13.9. The Bertz CT molecular complexity index is 3760. The smallest absolute Gasteiger partial charge is 0.159 e. The van der Waals surface area contributed by atoms with Crippen LogP contribution in [0.25, 0.3) is 77.2 Å². The molecule has 1 heterocycles. The summed E-state index contributed by atoms with van der Waals surface area (Å²) in [6, 6.07) is 95.2. The second-order valence-corrected chi connectivity index (χ2v) is 17.6. The van der Waals surface area contributed by atoms with Gasteiger partial charge in [-0.3, -0.25) is 0 Å². The molecule has 2 heteroatoms. The average Bonchev–Trinajstić information content (AvgIpc) is 3.93. The second-order valence-electron chi connectivity index (χ2n) is 17.6. The molecule has 2 nitrogen and oxygen atoms in total. The Balaban J connectivity index is 1.07. The van der Waals surface area contributed by atoms with E-state index in [0.29, 0.717) is 0 Å². The number of furan rings is 1. The molecule has 0 aliphatic heterocycles. The van der Waals surface area contributed by atoms with E-state index >= 15 is 0 Å². The first-order valence-corrected chi connectivity index (χ1v) is 23.1. The molecule has 1 aromatic heterocycles. The van der Waals surface area contributed by atoms with Gasteiger partial charge in [-0.2, -0.15) is 0 Å². The molecule has 1 aliphatic rings. The van der Waals surface area contributed by atoms with Gasteiger partial charge in [0, 0.05) is 22.0 Å². The van der Waals surface area contributed by atoms with Crippen LogP contribution >= 0.6 is 0 Å². The van der Waals surface area contributed by atoms with Gasteiger partial charge in [-0.15, -0.1) is 0 Å². The number of fused-ring (bicyclic) bond motifs is 7. The van der Waals surface area contributed by atoms with Crippen molar-refractivity contribution in [3.63, 3.8) is 0 Å². The Hall–Kier alpha value is -8.72. The van der Waals surface area contributed by atoms with Crippen LogP contribution in [0.3, 0.4) is 0 Å². The highest BCUT2D eigenvalue weighted by Crippen LogP contribution is 2.58. The highest BCUT2D eigenvalue weighted by molar-refractivity contribution is 6.11. The van der Waals surface area contributed by atoms with E-state index in [2.05, 4.69) is 260 Å². The third-order valence-corrected chi connectivity index (χ3v) is 13.9. The van der Waals surface area contributed by atoms with E-state index in [0.717, 1.165) is 50.1 Å². The predicted octanol–water partition coefficient (Wildman–Crippen LogP) is 17.6. The summed E-state index contributed by atoms with van der Waals surface area (Å²) in [5, 5.41) is 4.66. The Morgan fingerprint density at radius 1 is 0.313 bits per heavy atom. The Kier molecular flexibility index (Phi) is 9.11. The van der Waals surface area contributed by atoms with Crippen molar-refractivity contribution >= 4 is 49.8 Å². The van der Waals surface area contributed by atoms with E-state index in [1.165, 1.54) is 66.4 Å². The van der Waals surface area contributed by atoms with Crippen molar-refractivity contribution in [3.8, 4) is 44.5 Å². The zero-order valence-corrected chi connectivity index (χ0v) is 36.7. The van der Waals surface area contributed by atoms with Crippen LogP contribution in [0.1, 0.15) is 22.3 Å². The lowest BCUT2D eigenvalue weighted by atomic mass is 9.67. The van der Waals surface area contributed by atoms with Gasteiger partial charge in [-0.25, -0.2) is 0 Å². The van der Waals surface area contributed by atoms with Crippen LogP contribution in [0.5, 0.6) is 0 Å². The van der Waals surface area contributed by atoms with Crippen molar-refractivity contribution < 1.29 is 4.42 Å². The van der Waals surface area contributed by atoms with Crippen molar-refractivity contribution in [1.82, 2.24) is 0 Å². The van der Waals surface area contributed by atoms with Crippen LogP contribution in [0.15, 0.2) is 265 Å². The van der Waals surface area contributed by atoms with Gasteiger partial charge in [-0.05, 0) is 114 Å². The van der Waals surface area contributed by atoms with Gasteiger partial charge in [0.05, 0.1) is 16.8 Å². The standard InChI is InChI=1S/C65H43NO/c1-4-17-44(18-5-1)46-31-34-47(35-32-46)54-25-12-14-28-61(54)66(62-29-16-27-58-57-26-13-15-30-63(57)67-64(58)62)53-38-40-56-55-39-37-50(49-36-33-45-19-10-11-20-48(45)41-49)42-59(55)65(60(56)43-53,51-21-6-2-7-22-51)52-23-8-3-9-24-52/h1-43H. The molecule has 1 aliphatic carbocycles. The van der Waals surface area contributed by atoms with Crippen molar-refractivity contribution in [2.45, 2.75) is 5.41 Å². The van der Waals surface area contributed by atoms with E-state index < -0.39 is 5.41 Å². The van der Waals surface area contributed by atoms with Gasteiger partial charge in [0.1, 0.15) is 5.58 Å². The zero-order valence-electron chi connectivity index (χ0n) is 36.7. The van der Waals surface area contributed by atoms with Crippen molar-refractivity contribution in [3.05, 3.63) is 283 Å². The number of benzene rings is 11. The van der Waals surface area contributed by atoms with Crippen molar-refractivity contribution in [2.75, 3.05) is 4.90 Å².